The first-order valence-electron chi connectivity index (χ1n) is 6.19. The van der Waals surface area contributed by atoms with Crippen LogP contribution in [0.15, 0.2) is 18.3 Å². The molecule has 88 valence electrons. The lowest BCUT2D eigenvalue weighted by atomic mass is 10.1. The number of aryl methyl sites for hydroxylation is 1. The zero-order valence-corrected chi connectivity index (χ0v) is 10.0. The first-order valence-corrected chi connectivity index (χ1v) is 6.19. The average molecular weight is 219 g/mol. The van der Waals surface area contributed by atoms with Crippen molar-refractivity contribution in [3.05, 3.63) is 29.6 Å². The van der Waals surface area contributed by atoms with Crippen LogP contribution in [-0.2, 0) is 13.0 Å². The van der Waals surface area contributed by atoms with Gasteiger partial charge in [0.05, 0.1) is 5.69 Å². The summed E-state index contributed by atoms with van der Waals surface area (Å²) in [6.07, 6.45) is 5.42. The second-order valence-corrected chi connectivity index (χ2v) is 4.65. The second kappa shape index (κ2) is 5.41. The van der Waals surface area contributed by atoms with Gasteiger partial charge in [0.15, 0.2) is 0 Å². The van der Waals surface area contributed by atoms with Gasteiger partial charge in [-0.15, -0.1) is 0 Å². The fraction of sp³-hybridized carbons (Fsp3) is 0.615. The quantitative estimate of drug-likeness (QED) is 0.839. The van der Waals surface area contributed by atoms with E-state index in [1.54, 1.807) is 0 Å². The van der Waals surface area contributed by atoms with Gasteiger partial charge in [-0.25, -0.2) is 0 Å². The number of rotatable bonds is 3. The molecule has 2 N–H and O–H groups in total. The van der Waals surface area contributed by atoms with Crippen LogP contribution >= 0.6 is 0 Å². The molecule has 0 radical (unpaired) electrons. The van der Waals surface area contributed by atoms with Crippen LogP contribution in [0.3, 0.4) is 0 Å². The molecule has 3 nitrogen and oxygen atoms in total. The Hall–Kier alpha value is -0.930. The lowest BCUT2D eigenvalue weighted by molar-refractivity contribution is 0.199. The molecule has 0 aromatic carbocycles. The van der Waals surface area contributed by atoms with Crippen molar-refractivity contribution in [3.63, 3.8) is 0 Å². The number of hydrogen-bond acceptors (Lipinski definition) is 3. The molecule has 1 fully saturated rings. The number of piperidine rings is 1. The molecule has 1 saturated heterocycles. The molecule has 0 spiro atoms. The molecule has 0 aliphatic carbocycles. The Labute approximate surface area is 97.7 Å². The normalized spacial score (nSPS) is 22.2. The molecule has 2 rings (SSSR count). The van der Waals surface area contributed by atoms with E-state index in [1.807, 2.05) is 6.20 Å². The molecule has 1 aliphatic rings. The number of hydrogen-bond donors (Lipinski definition) is 1. The van der Waals surface area contributed by atoms with E-state index in [-0.39, 0.29) is 0 Å². The Bertz CT molecular complexity index is 320. The first-order chi connectivity index (χ1) is 7.78. The van der Waals surface area contributed by atoms with E-state index in [0.29, 0.717) is 6.04 Å². The summed E-state index contributed by atoms with van der Waals surface area (Å²) in [4.78, 5) is 6.89. The summed E-state index contributed by atoms with van der Waals surface area (Å²) in [5, 5.41) is 0. The summed E-state index contributed by atoms with van der Waals surface area (Å²) < 4.78 is 0. The summed E-state index contributed by atoms with van der Waals surface area (Å²) in [6, 6.07) is 4.66. The Kier molecular flexibility index (Phi) is 3.91. The highest BCUT2D eigenvalue weighted by molar-refractivity contribution is 5.13. The van der Waals surface area contributed by atoms with Crippen molar-refractivity contribution in [2.24, 2.45) is 5.73 Å². The highest BCUT2D eigenvalue weighted by atomic mass is 15.1. The van der Waals surface area contributed by atoms with Crippen LogP contribution in [0.25, 0.3) is 0 Å². The minimum Gasteiger partial charge on any atom is -0.327 e. The molecule has 3 heteroatoms. The van der Waals surface area contributed by atoms with E-state index in [9.17, 15) is 0 Å². The minimum atomic E-state index is 0.351. The van der Waals surface area contributed by atoms with E-state index in [0.717, 1.165) is 31.7 Å². The molecule has 2 heterocycles. The largest absolute Gasteiger partial charge is 0.327 e. The summed E-state index contributed by atoms with van der Waals surface area (Å²) >= 11 is 0. The Balaban J connectivity index is 1.92. The molecule has 1 unspecified atom stereocenters. The smallest absolute Gasteiger partial charge is 0.0544 e. The fourth-order valence-corrected chi connectivity index (χ4v) is 2.22. The van der Waals surface area contributed by atoms with Crippen molar-refractivity contribution < 1.29 is 0 Å². The molecule has 16 heavy (non-hydrogen) atoms. The molecule has 1 atom stereocenters. The molecule has 0 amide bonds. The summed E-state index contributed by atoms with van der Waals surface area (Å²) in [6.45, 7) is 5.26. The van der Waals surface area contributed by atoms with Crippen LogP contribution in [0, 0.1) is 0 Å². The number of likely N-dealkylation sites (tertiary alicyclic amines) is 1. The fourth-order valence-electron chi connectivity index (χ4n) is 2.22. The topological polar surface area (TPSA) is 42.1 Å². The van der Waals surface area contributed by atoms with Crippen LogP contribution < -0.4 is 5.73 Å². The average Bonchev–Trinajstić information content (AvgIpc) is 2.30. The van der Waals surface area contributed by atoms with Crippen LogP contribution in [-0.4, -0.2) is 29.0 Å². The molecule has 0 bridgehead atoms. The van der Waals surface area contributed by atoms with Crippen LogP contribution in [0.5, 0.6) is 0 Å². The molecular weight excluding hydrogens is 198 g/mol. The van der Waals surface area contributed by atoms with Crippen molar-refractivity contribution in [1.29, 1.82) is 0 Å². The maximum absolute atomic E-state index is 5.96. The van der Waals surface area contributed by atoms with Crippen molar-refractivity contribution >= 4 is 0 Å². The van der Waals surface area contributed by atoms with E-state index in [2.05, 4.69) is 28.9 Å². The lowest BCUT2D eigenvalue weighted by Gasteiger charge is -2.30. The van der Waals surface area contributed by atoms with Gasteiger partial charge in [0.1, 0.15) is 0 Å². The van der Waals surface area contributed by atoms with Crippen molar-refractivity contribution in [3.8, 4) is 0 Å². The van der Waals surface area contributed by atoms with Crippen molar-refractivity contribution in [2.75, 3.05) is 13.1 Å². The number of aromatic nitrogens is 1. The molecule has 1 aromatic heterocycles. The van der Waals surface area contributed by atoms with Crippen LogP contribution in [0.1, 0.15) is 31.0 Å². The van der Waals surface area contributed by atoms with Gasteiger partial charge in [0.25, 0.3) is 0 Å². The third-order valence-electron chi connectivity index (χ3n) is 3.22. The maximum atomic E-state index is 5.96. The Morgan fingerprint density at radius 2 is 2.38 bits per heavy atom. The van der Waals surface area contributed by atoms with Crippen molar-refractivity contribution in [1.82, 2.24) is 9.88 Å². The van der Waals surface area contributed by atoms with Crippen LogP contribution in [0.2, 0.25) is 0 Å². The van der Waals surface area contributed by atoms with E-state index < -0.39 is 0 Å². The number of pyridine rings is 1. The zero-order chi connectivity index (χ0) is 11.4. The third-order valence-corrected chi connectivity index (χ3v) is 3.22. The van der Waals surface area contributed by atoms with Crippen LogP contribution in [0.4, 0.5) is 0 Å². The minimum absolute atomic E-state index is 0.351. The zero-order valence-electron chi connectivity index (χ0n) is 10.0. The highest BCUT2D eigenvalue weighted by Crippen LogP contribution is 2.11. The predicted octanol–water partition coefficient (Wildman–Crippen LogP) is 1.57. The molecule has 1 aliphatic heterocycles. The summed E-state index contributed by atoms with van der Waals surface area (Å²) in [7, 11) is 0. The van der Waals surface area contributed by atoms with Gasteiger partial charge >= 0.3 is 0 Å². The lowest BCUT2D eigenvalue weighted by Crippen LogP contribution is -2.42. The van der Waals surface area contributed by atoms with Crippen molar-refractivity contribution in [2.45, 2.75) is 38.8 Å². The summed E-state index contributed by atoms with van der Waals surface area (Å²) in [5.74, 6) is 0. The monoisotopic (exact) mass is 219 g/mol. The van der Waals surface area contributed by atoms with Gasteiger partial charge in [-0.3, -0.25) is 9.88 Å². The highest BCUT2D eigenvalue weighted by Gasteiger charge is 2.16. The van der Waals surface area contributed by atoms with Gasteiger partial charge in [-0.1, -0.05) is 13.0 Å². The second-order valence-electron chi connectivity index (χ2n) is 4.65. The van der Waals surface area contributed by atoms with Gasteiger partial charge in [0, 0.05) is 25.3 Å². The Morgan fingerprint density at radius 3 is 3.00 bits per heavy atom. The number of nitrogens with two attached hydrogens (primary N) is 1. The molecular formula is C13H21N3. The third kappa shape index (κ3) is 3.03. The predicted molar refractivity (Wildman–Crippen MR) is 66.1 cm³/mol. The van der Waals surface area contributed by atoms with E-state index >= 15 is 0 Å². The number of nitrogens with zero attached hydrogens (tertiary/aromatic N) is 2. The Morgan fingerprint density at radius 1 is 1.50 bits per heavy atom. The molecule has 0 saturated carbocycles. The standard InChI is InChI=1S/C13H21N3/c1-2-11-5-6-13(15-8-11)10-16-7-3-4-12(14)9-16/h5-6,8,12H,2-4,7,9-10,14H2,1H3. The maximum Gasteiger partial charge on any atom is 0.0544 e. The van der Waals surface area contributed by atoms with Gasteiger partial charge in [-0.2, -0.15) is 0 Å². The van der Waals surface area contributed by atoms with Gasteiger partial charge < -0.3 is 5.73 Å². The van der Waals surface area contributed by atoms with E-state index in [1.165, 1.54) is 18.4 Å². The van der Waals surface area contributed by atoms with E-state index in [4.69, 9.17) is 5.73 Å². The van der Waals surface area contributed by atoms with Gasteiger partial charge in [0.2, 0.25) is 0 Å². The molecule has 1 aromatic rings. The SMILES string of the molecule is CCc1ccc(CN2CCCC(N)C2)nc1. The summed E-state index contributed by atoms with van der Waals surface area (Å²) in [5.41, 5.74) is 8.43. The first kappa shape index (κ1) is 11.6. The van der Waals surface area contributed by atoms with Gasteiger partial charge in [-0.05, 0) is 37.4 Å².